The van der Waals surface area contributed by atoms with Crippen LogP contribution in [0.25, 0.3) is 16.9 Å². The maximum Gasteiger partial charge on any atom is 0.226 e. The molecule has 0 spiro atoms. The van der Waals surface area contributed by atoms with Crippen molar-refractivity contribution in [2.45, 2.75) is 12.2 Å². The van der Waals surface area contributed by atoms with Gasteiger partial charge in [0, 0.05) is 41.3 Å². The molecule has 3 heterocycles. The van der Waals surface area contributed by atoms with Crippen molar-refractivity contribution in [3.63, 3.8) is 0 Å². The number of hydrogen-bond acceptors (Lipinski definition) is 6. The fourth-order valence-corrected chi connectivity index (χ4v) is 4.36. The van der Waals surface area contributed by atoms with Crippen LogP contribution in [0.1, 0.15) is 12.1 Å². The zero-order chi connectivity index (χ0) is 20.1. The maximum absolute atomic E-state index is 12.2. The molecule has 1 aromatic carbocycles. The lowest BCUT2D eigenvalue weighted by molar-refractivity contribution is -0.115. The summed E-state index contributed by atoms with van der Waals surface area (Å²) in [6.45, 7) is 0. The number of rotatable bonds is 8. The number of carbonyl (C=O) groups is 1. The second kappa shape index (κ2) is 9.11. The SMILES string of the molecule is COc1ccc(-c2csc(NC(=O)CCSCc3cn4ccccc4n3)n2)cc1. The van der Waals surface area contributed by atoms with E-state index in [4.69, 9.17) is 4.74 Å². The van der Waals surface area contributed by atoms with E-state index in [2.05, 4.69) is 15.3 Å². The van der Waals surface area contributed by atoms with Crippen molar-refractivity contribution in [1.29, 1.82) is 0 Å². The fourth-order valence-electron chi connectivity index (χ4n) is 2.81. The highest BCUT2D eigenvalue weighted by molar-refractivity contribution is 7.98. The lowest BCUT2D eigenvalue weighted by atomic mass is 10.2. The van der Waals surface area contributed by atoms with Crippen LogP contribution in [0.2, 0.25) is 0 Å². The highest BCUT2D eigenvalue weighted by Gasteiger charge is 2.09. The van der Waals surface area contributed by atoms with Gasteiger partial charge in [-0.15, -0.1) is 11.3 Å². The van der Waals surface area contributed by atoms with Gasteiger partial charge in [0.15, 0.2) is 5.13 Å². The molecular formula is C21H20N4O2S2. The molecule has 29 heavy (non-hydrogen) atoms. The van der Waals surface area contributed by atoms with Gasteiger partial charge in [0.2, 0.25) is 5.91 Å². The summed E-state index contributed by atoms with van der Waals surface area (Å²) >= 11 is 3.13. The number of pyridine rings is 1. The van der Waals surface area contributed by atoms with Gasteiger partial charge in [0.1, 0.15) is 11.4 Å². The van der Waals surface area contributed by atoms with Gasteiger partial charge in [-0.25, -0.2) is 9.97 Å². The molecule has 0 aliphatic carbocycles. The normalized spacial score (nSPS) is 10.9. The number of nitrogens with zero attached hydrogens (tertiary/aromatic N) is 3. The zero-order valence-corrected chi connectivity index (χ0v) is 17.5. The summed E-state index contributed by atoms with van der Waals surface area (Å²) in [5.74, 6) is 2.30. The average Bonchev–Trinajstić information content (AvgIpc) is 3.38. The van der Waals surface area contributed by atoms with Crippen LogP contribution in [0.3, 0.4) is 0 Å². The number of aromatic nitrogens is 3. The van der Waals surface area contributed by atoms with Gasteiger partial charge in [0.05, 0.1) is 18.5 Å². The van der Waals surface area contributed by atoms with Crippen molar-refractivity contribution < 1.29 is 9.53 Å². The Balaban J connectivity index is 1.24. The van der Waals surface area contributed by atoms with Crippen LogP contribution < -0.4 is 10.1 Å². The molecule has 1 amide bonds. The Kier molecular flexibility index (Phi) is 6.12. The molecule has 8 heteroatoms. The summed E-state index contributed by atoms with van der Waals surface area (Å²) in [6, 6.07) is 13.6. The van der Waals surface area contributed by atoms with Crippen LogP contribution in [0, 0.1) is 0 Å². The molecule has 0 atom stereocenters. The van der Waals surface area contributed by atoms with Gasteiger partial charge in [0.25, 0.3) is 0 Å². The quantitative estimate of drug-likeness (QED) is 0.414. The average molecular weight is 425 g/mol. The molecular weight excluding hydrogens is 404 g/mol. The van der Waals surface area contributed by atoms with Gasteiger partial charge < -0.3 is 14.5 Å². The summed E-state index contributed by atoms with van der Waals surface area (Å²) in [5, 5.41) is 5.44. The maximum atomic E-state index is 12.2. The van der Waals surface area contributed by atoms with Crippen LogP contribution in [-0.4, -0.2) is 33.1 Å². The second-order valence-electron chi connectivity index (χ2n) is 6.32. The van der Waals surface area contributed by atoms with E-state index in [9.17, 15) is 4.79 Å². The fraction of sp³-hybridized carbons (Fsp3) is 0.190. The third-order valence-corrected chi connectivity index (χ3v) is 6.02. The molecule has 4 aromatic rings. The zero-order valence-electron chi connectivity index (χ0n) is 15.9. The number of thiazole rings is 1. The molecule has 0 bridgehead atoms. The van der Waals surface area contributed by atoms with E-state index in [-0.39, 0.29) is 5.91 Å². The molecule has 148 valence electrons. The van der Waals surface area contributed by atoms with E-state index < -0.39 is 0 Å². The number of fused-ring (bicyclic) bond motifs is 1. The van der Waals surface area contributed by atoms with E-state index >= 15 is 0 Å². The first-order valence-electron chi connectivity index (χ1n) is 9.11. The van der Waals surface area contributed by atoms with E-state index in [1.807, 2.05) is 64.6 Å². The summed E-state index contributed by atoms with van der Waals surface area (Å²) < 4.78 is 7.18. The van der Waals surface area contributed by atoms with Gasteiger partial charge in [-0.2, -0.15) is 11.8 Å². The molecule has 0 aliphatic heterocycles. The van der Waals surface area contributed by atoms with Gasteiger partial charge in [-0.1, -0.05) is 6.07 Å². The molecule has 1 N–H and O–H groups in total. The van der Waals surface area contributed by atoms with E-state index in [0.717, 1.165) is 39.9 Å². The van der Waals surface area contributed by atoms with Crippen molar-refractivity contribution >= 4 is 39.8 Å². The summed E-state index contributed by atoms with van der Waals surface area (Å²) in [7, 11) is 1.64. The number of thioether (sulfide) groups is 1. The minimum atomic E-state index is -0.0249. The Hall–Kier alpha value is -2.84. The van der Waals surface area contributed by atoms with Crippen LogP contribution in [0.4, 0.5) is 5.13 Å². The minimum Gasteiger partial charge on any atom is -0.497 e. The van der Waals surface area contributed by atoms with Crippen LogP contribution in [-0.2, 0) is 10.5 Å². The molecule has 0 saturated carbocycles. The summed E-state index contributed by atoms with van der Waals surface area (Å²) in [5.41, 5.74) is 3.79. The molecule has 3 aromatic heterocycles. The molecule has 0 saturated heterocycles. The van der Waals surface area contributed by atoms with Crippen molar-refractivity contribution in [3.05, 3.63) is 65.9 Å². The molecule has 0 fully saturated rings. The van der Waals surface area contributed by atoms with Gasteiger partial charge in [-0.05, 0) is 36.4 Å². The van der Waals surface area contributed by atoms with Crippen LogP contribution in [0.5, 0.6) is 5.75 Å². The summed E-state index contributed by atoms with van der Waals surface area (Å²) in [6.07, 6.45) is 4.45. The Morgan fingerprint density at radius 1 is 1.21 bits per heavy atom. The smallest absolute Gasteiger partial charge is 0.226 e. The minimum absolute atomic E-state index is 0.0249. The standard InChI is InChI=1S/C21H20N4O2S2/c1-27-17-7-5-15(6-8-17)18-14-29-21(23-18)24-20(26)9-11-28-13-16-12-25-10-3-2-4-19(25)22-16/h2-8,10,12,14H,9,11,13H2,1H3,(H,23,24,26). The van der Waals surface area contributed by atoms with Crippen molar-refractivity contribution in [2.24, 2.45) is 0 Å². The lowest BCUT2D eigenvalue weighted by Gasteiger charge is -2.02. The van der Waals surface area contributed by atoms with Crippen molar-refractivity contribution in [1.82, 2.24) is 14.4 Å². The number of amides is 1. The van der Waals surface area contributed by atoms with E-state index in [1.54, 1.807) is 18.9 Å². The Morgan fingerprint density at radius 2 is 2.07 bits per heavy atom. The lowest BCUT2D eigenvalue weighted by Crippen LogP contribution is -2.12. The highest BCUT2D eigenvalue weighted by Crippen LogP contribution is 2.26. The largest absolute Gasteiger partial charge is 0.497 e. The third kappa shape index (κ3) is 4.96. The number of hydrogen-bond donors (Lipinski definition) is 1. The van der Waals surface area contributed by atoms with Crippen molar-refractivity contribution in [2.75, 3.05) is 18.2 Å². The number of nitrogens with one attached hydrogen (secondary N) is 1. The first-order chi connectivity index (χ1) is 14.2. The number of ether oxygens (including phenoxy) is 1. The number of imidazole rings is 1. The molecule has 0 aliphatic rings. The van der Waals surface area contributed by atoms with Crippen molar-refractivity contribution in [3.8, 4) is 17.0 Å². The monoisotopic (exact) mass is 424 g/mol. The number of methoxy groups -OCH3 is 1. The Labute approximate surface area is 177 Å². The Morgan fingerprint density at radius 3 is 2.86 bits per heavy atom. The first kappa shape index (κ1) is 19.5. The Bertz CT molecular complexity index is 1070. The van der Waals surface area contributed by atoms with Gasteiger partial charge >= 0.3 is 0 Å². The number of benzene rings is 1. The summed E-state index contributed by atoms with van der Waals surface area (Å²) in [4.78, 5) is 21.3. The second-order valence-corrected chi connectivity index (χ2v) is 8.28. The highest BCUT2D eigenvalue weighted by atomic mass is 32.2. The van der Waals surface area contributed by atoms with Crippen LogP contribution >= 0.6 is 23.1 Å². The van der Waals surface area contributed by atoms with Crippen LogP contribution in [0.15, 0.2) is 60.2 Å². The topological polar surface area (TPSA) is 68.5 Å². The molecule has 6 nitrogen and oxygen atoms in total. The third-order valence-electron chi connectivity index (χ3n) is 4.27. The predicted octanol–water partition coefficient (Wildman–Crippen LogP) is 4.73. The van der Waals surface area contributed by atoms with Gasteiger partial charge in [-0.3, -0.25) is 4.79 Å². The van der Waals surface area contributed by atoms with E-state index in [0.29, 0.717) is 11.6 Å². The molecule has 4 rings (SSSR count). The van der Waals surface area contributed by atoms with E-state index in [1.165, 1.54) is 11.3 Å². The first-order valence-corrected chi connectivity index (χ1v) is 11.1. The number of carbonyl (C=O) groups excluding carboxylic acids is 1. The predicted molar refractivity (Wildman–Crippen MR) is 119 cm³/mol. The molecule has 0 radical (unpaired) electrons. The number of anilines is 1. The molecule has 0 unspecified atom stereocenters.